The molecule has 0 radical (unpaired) electrons. The topological polar surface area (TPSA) is 32.6 Å². The van der Waals surface area contributed by atoms with Gasteiger partial charge in [0.1, 0.15) is 0 Å². The monoisotopic (exact) mass is 255 g/mol. The first kappa shape index (κ1) is 13.5. The van der Waals surface area contributed by atoms with Crippen molar-refractivity contribution in [1.29, 1.82) is 0 Å². The van der Waals surface area contributed by atoms with Crippen LogP contribution in [-0.4, -0.2) is 34.9 Å². The van der Waals surface area contributed by atoms with Gasteiger partial charge in [0.05, 0.1) is 5.71 Å². The largest absolute Gasteiger partial charge is 0.411 e. The standard InChI is InChI=1S/C12H17NOS2/c1-15-8-11(9-16-2)12(13-14)10-6-4-3-5-7-10/h3-7,11,14H,8-9H2,1-2H3. The van der Waals surface area contributed by atoms with Crippen molar-refractivity contribution in [2.75, 3.05) is 24.0 Å². The predicted octanol–water partition coefficient (Wildman–Crippen LogP) is 3.21. The van der Waals surface area contributed by atoms with Gasteiger partial charge >= 0.3 is 0 Å². The Morgan fingerprint density at radius 2 is 1.75 bits per heavy atom. The molecule has 0 bridgehead atoms. The fraction of sp³-hybridized carbons (Fsp3) is 0.417. The second-order valence-electron chi connectivity index (χ2n) is 3.46. The van der Waals surface area contributed by atoms with Crippen molar-refractivity contribution in [2.45, 2.75) is 0 Å². The smallest absolute Gasteiger partial charge is 0.0915 e. The molecule has 16 heavy (non-hydrogen) atoms. The summed E-state index contributed by atoms with van der Waals surface area (Å²) in [5.41, 5.74) is 1.81. The van der Waals surface area contributed by atoms with Gasteiger partial charge in [-0.3, -0.25) is 0 Å². The van der Waals surface area contributed by atoms with Crippen LogP contribution in [0.1, 0.15) is 5.56 Å². The van der Waals surface area contributed by atoms with Crippen LogP contribution in [0.4, 0.5) is 0 Å². The Hall–Kier alpha value is -0.610. The molecular formula is C12H17NOS2. The van der Waals surface area contributed by atoms with Crippen LogP contribution in [0.2, 0.25) is 0 Å². The predicted molar refractivity (Wildman–Crippen MR) is 75.0 cm³/mol. The zero-order valence-electron chi connectivity index (χ0n) is 9.59. The van der Waals surface area contributed by atoms with E-state index in [4.69, 9.17) is 0 Å². The molecule has 1 aromatic carbocycles. The quantitative estimate of drug-likeness (QED) is 0.481. The van der Waals surface area contributed by atoms with Gasteiger partial charge in [-0.15, -0.1) is 0 Å². The Morgan fingerprint density at radius 3 is 2.19 bits per heavy atom. The van der Waals surface area contributed by atoms with Crippen LogP contribution in [0.3, 0.4) is 0 Å². The molecule has 4 heteroatoms. The molecule has 1 aromatic rings. The van der Waals surface area contributed by atoms with E-state index in [1.54, 1.807) is 23.5 Å². The van der Waals surface area contributed by atoms with Crippen LogP contribution in [0, 0.1) is 5.92 Å². The second kappa shape index (κ2) is 7.63. The third-order valence-corrected chi connectivity index (χ3v) is 3.77. The highest BCUT2D eigenvalue weighted by molar-refractivity contribution is 7.99. The molecule has 0 heterocycles. The SMILES string of the molecule is CSCC(CSC)C(=NO)c1ccccc1. The first-order chi connectivity index (χ1) is 7.83. The molecule has 0 aliphatic rings. The second-order valence-corrected chi connectivity index (χ2v) is 5.28. The van der Waals surface area contributed by atoms with Crippen molar-refractivity contribution in [3.05, 3.63) is 35.9 Å². The van der Waals surface area contributed by atoms with E-state index < -0.39 is 0 Å². The van der Waals surface area contributed by atoms with E-state index in [0.29, 0.717) is 5.92 Å². The van der Waals surface area contributed by atoms with Crippen LogP contribution in [0.25, 0.3) is 0 Å². The number of rotatable bonds is 6. The van der Waals surface area contributed by atoms with E-state index in [-0.39, 0.29) is 0 Å². The third kappa shape index (κ3) is 3.76. The molecule has 0 aromatic heterocycles. The number of hydrogen-bond acceptors (Lipinski definition) is 4. The molecule has 0 fully saturated rings. The van der Waals surface area contributed by atoms with Crippen molar-refractivity contribution in [3.8, 4) is 0 Å². The molecule has 1 rings (SSSR count). The maximum atomic E-state index is 9.17. The summed E-state index contributed by atoms with van der Waals surface area (Å²) >= 11 is 3.57. The average Bonchev–Trinajstić information content (AvgIpc) is 2.32. The highest BCUT2D eigenvalue weighted by Gasteiger charge is 2.17. The Labute approximate surface area is 106 Å². The third-order valence-electron chi connectivity index (χ3n) is 2.30. The summed E-state index contributed by atoms with van der Waals surface area (Å²) in [6, 6.07) is 9.88. The van der Waals surface area contributed by atoms with Gasteiger partial charge in [0, 0.05) is 17.4 Å². The Bertz CT molecular complexity index is 321. The zero-order chi connectivity index (χ0) is 11.8. The van der Waals surface area contributed by atoms with Gasteiger partial charge in [-0.2, -0.15) is 23.5 Å². The molecule has 2 nitrogen and oxygen atoms in total. The zero-order valence-corrected chi connectivity index (χ0v) is 11.2. The van der Waals surface area contributed by atoms with E-state index in [1.165, 1.54) is 0 Å². The summed E-state index contributed by atoms with van der Waals surface area (Å²) in [5, 5.41) is 12.7. The summed E-state index contributed by atoms with van der Waals surface area (Å²) in [6.45, 7) is 0. The number of oxime groups is 1. The molecule has 0 unspecified atom stereocenters. The molecule has 0 saturated heterocycles. The molecule has 0 atom stereocenters. The summed E-state index contributed by atoms with van der Waals surface area (Å²) < 4.78 is 0. The normalized spacial score (nSPS) is 12.1. The molecule has 0 saturated carbocycles. The van der Waals surface area contributed by atoms with Crippen LogP contribution < -0.4 is 0 Å². The lowest BCUT2D eigenvalue weighted by Gasteiger charge is -2.16. The molecular weight excluding hydrogens is 238 g/mol. The van der Waals surface area contributed by atoms with E-state index in [0.717, 1.165) is 22.8 Å². The van der Waals surface area contributed by atoms with Gasteiger partial charge in [0.25, 0.3) is 0 Å². The Kier molecular flexibility index (Phi) is 6.42. The van der Waals surface area contributed by atoms with E-state index in [9.17, 15) is 5.21 Å². The van der Waals surface area contributed by atoms with Crippen molar-refractivity contribution in [2.24, 2.45) is 11.1 Å². The maximum absolute atomic E-state index is 9.17. The van der Waals surface area contributed by atoms with Gasteiger partial charge in [-0.1, -0.05) is 35.5 Å². The van der Waals surface area contributed by atoms with E-state index >= 15 is 0 Å². The number of nitrogens with zero attached hydrogens (tertiary/aromatic N) is 1. The maximum Gasteiger partial charge on any atom is 0.0915 e. The fourth-order valence-corrected chi connectivity index (χ4v) is 3.10. The van der Waals surface area contributed by atoms with Gasteiger partial charge in [-0.25, -0.2) is 0 Å². The highest BCUT2D eigenvalue weighted by Crippen LogP contribution is 2.18. The Balaban J connectivity index is 2.87. The highest BCUT2D eigenvalue weighted by atomic mass is 32.2. The lowest BCUT2D eigenvalue weighted by atomic mass is 10.00. The van der Waals surface area contributed by atoms with E-state index in [2.05, 4.69) is 17.7 Å². The fourth-order valence-electron chi connectivity index (χ4n) is 1.59. The first-order valence-electron chi connectivity index (χ1n) is 5.08. The van der Waals surface area contributed by atoms with Crippen LogP contribution in [0.5, 0.6) is 0 Å². The minimum Gasteiger partial charge on any atom is -0.411 e. The van der Waals surface area contributed by atoms with Crippen LogP contribution in [-0.2, 0) is 0 Å². The molecule has 0 spiro atoms. The van der Waals surface area contributed by atoms with Crippen LogP contribution in [0.15, 0.2) is 35.5 Å². The molecule has 0 amide bonds. The summed E-state index contributed by atoms with van der Waals surface area (Å²) in [6.07, 6.45) is 4.15. The molecule has 0 aliphatic carbocycles. The summed E-state index contributed by atoms with van der Waals surface area (Å²) in [7, 11) is 0. The van der Waals surface area contributed by atoms with E-state index in [1.807, 2.05) is 30.3 Å². The van der Waals surface area contributed by atoms with Crippen molar-refractivity contribution in [3.63, 3.8) is 0 Å². The first-order valence-corrected chi connectivity index (χ1v) is 7.87. The molecule has 1 N–H and O–H groups in total. The van der Waals surface area contributed by atoms with Crippen molar-refractivity contribution in [1.82, 2.24) is 0 Å². The minimum absolute atomic E-state index is 0.303. The minimum atomic E-state index is 0.303. The number of hydrogen-bond donors (Lipinski definition) is 1. The number of benzene rings is 1. The molecule has 0 aliphatic heterocycles. The van der Waals surface area contributed by atoms with Gasteiger partial charge in [-0.05, 0) is 18.1 Å². The lowest BCUT2D eigenvalue weighted by molar-refractivity contribution is 0.316. The van der Waals surface area contributed by atoms with Crippen molar-refractivity contribution < 1.29 is 5.21 Å². The Morgan fingerprint density at radius 1 is 1.19 bits per heavy atom. The van der Waals surface area contributed by atoms with Gasteiger partial charge in [0.15, 0.2) is 0 Å². The van der Waals surface area contributed by atoms with Crippen molar-refractivity contribution >= 4 is 29.2 Å². The van der Waals surface area contributed by atoms with Crippen LogP contribution >= 0.6 is 23.5 Å². The average molecular weight is 255 g/mol. The van der Waals surface area contributed by atoms with Gasteiger partial charge < -0.3 is 5.21 Å². The number of thioether (sulfide) groups is 2. The lowest BCUT2D eigenvalue weighted by Crippen LogP contribution is -2.21. The molecule has 88 valence electrons. The summed E-state index contributed by atoms with van der Waals surface area (Å²) in [4.78, 5) is 0. The summed E-state index contributed by atoms with van der Waals surface area (Å²) in [5.74, 6) is 2.27. The van der Waals surface area contributed by atoms with Gasteiger partial charge in [0.2, 0.25) is 0 Å².